The maximum Gasteiger partial charge on any atom is 0.279 e. The Labute approximate surface area is 187 Å². The first-order valence-corrected chi connectivity index (χ1v) is 10.8. The fourth-order valence-electron chi connectivity index (χ4n) is 3.29. The molecule has 3 aromatic heterocycles. The zero-order chi connectivity index (χ0) is 22.1. The molecular weight excluding hydrogens is 436 g/mol. The van der Waals surface area contributed by atoms with Crippen LogP contribution in [0.2, 0.25) is 5.02 Å². The number of hydrogen-bond donors (Lipinski definition) is 2. The number of halogens is 1. The van der Waals surface area contributed by atoms with Crippen molar-refractivity contribution in [3.05, 3.63) is 68.9 Å². The summed E-state index contributed by atoms with van der Waals surface area (Å²) in [6.45, 7) is 6.24. The highest BCUT2D eigenvalue weighted by molar-refractivity contribution is 7.20. The van der Waals surface area contributed by atoms with E-state index in [1.54, 1.807) is 10.7 Å². The van der Waals surface area contributed by atoms with E-state index in [1.165, 1.54) is 11.3 Å². The standard InChI is InChI=1S/C21H21ClN6O2S/c1-12-8-13(2)27(25-12)11-19(29)23-24-20(30)18-9-17-14(3)26-28(21(17)31-18)10-15-4-6-16(22)7-5-15/h4-9H,10-11H2,1-3H3,(H,23,29)(H,24,30). The van der Waals surface area contributed by atoms with Crippen molar-refractivity contribution < 1.29 is 9.59 Å². The molecule has 4 rings (SSSR count). The van der Waals surface area contributed by atoms with Gasteiger partial charge in [0.15, 0.2) is 0 Å². The third-order valence-electron chi connectivity index (χ3n) is 4.79. The number of nitrogens with zero attached hydrogens (tertiary/aromatic N) is 4. The average molecular weight is 457 g/mol. The molecule has 4 aromatic rings. The molecule has 10 heteroatoms. The van der Waals surface area contributed by atoms with Crippen LogP contribution in [0.3, 0.4) is 0 Å². The van der Waals surface area contributed by atoms with Gasteiger partial charge in [-0.25, -0.2) is 0 Å². The van der Waals surface area contributed by atoms with Crippen molar-refractivity contribution in [3.63, 3.8) is 0 Å². The van der Waals surface area contributed by atoms with E-state index >= 15 is 0 Å². The summed E-state index contributed by atoms with van der Waals surface area (Å²) in [6.07, 6.45) is 0. The summed E-state index contributed by atoms with van der Waals surface area (Å²) in [5, 5.41) is 10.4. The van der Waals surface area contributed by atoms with Crippen molar-refractivity contribution in [3.8, 4) is 0 Å². The lowest BCUT2D eigenvalue weighted by Gasteiger charge is -2.07. The molecule has 0 aliphatic rings. The van der Waals surface area contributed by atoms with Gasteiger partial charge in [-0.2, -0.15) is 10.2 Å². The molecule has 0 fully saturated rings. The van der Waals surface area contributed by atoms with Crippen molar-refractivity contribution in [1.82, 2.24) is 30.4 Å². The Balaban J connectivity index is 1.44. The van der Waals surface area contributed by atoms with E-state index in [2.05, 4.69) is 21.0 Å². The number of hydrogen-bond acceptors (Lipinski definition) is 5. The topological polar surface area (TPSA) is 93.8 Å². The second-order valence-corrected chi connectivity index (χ2v) is 8.75. The summed E-state index contributed by atoms with van der Waals surface area (Å²) in [7, 11) is 0. The summed E-state index contributed by atoms with van der Waals surface area (Å²) >= 11 is 7.29. The molecule has 0 radical (unpaired) electrons. The third-order valence-corrected chi connectivity index (χ3v) is 6.19. The van der Waals surface area contributed by atoms with Gasteiger partial charge < -0.3 is 0 Å². The minimum absolute atomic E-state index is 0.0293. The van der Waals surface area contributed by atoms with Crippen LogP contribution in [0.25, 0.3) is 10.2 Å². The van der Waals surface area contributed by atoms with Crippen LogP contribution in [0, 0.1) is 20.8 Å². The lowest BCUT2D eigenvalue weighted by Crippen LogP contribution is -2.43. The molecule has 0 atom stereocenters. The number of carbonyl (C=O) groups is 2. The van der Waals surface area contributed by atoms with Gasteiger partial charge in [0, 0.05) is 16.1 Å². The molecule has 0 saturated heterocycles. The number of hydrazine groups is 1. The van der Waals surface area contributed by atoms with Gasteiger partial charge in [0.05, 0.1) is 22.8 Å². The first-order chi connectivity index (χ1) is 14.8. The van der Waals surface area contributed by atoms with E-state index < -0.39 is 0 Å². The van der Waals surface area contributed by atoms with Crippen LogP contribution in [0.4, 0.5) is 0 Å². The largest absolute Gasteiger partial charge is 0.279 e. The number of benzene rings is 1. The number of carbonyl (C=O) groups excluding carboxylic acids is 2. The van der Waals surface area contributed by atoms with Crippen molar-refractivity contribution in [1.29, 1.82) is 0 Å². The van der Waals surface area contributed by atoms with Gasteiger partial charge in [-0.3, -0.25) is 29.8 Å². The van der Waals surface area contributed by atoms with Gasteiger partial charge in [-0.1, -0.05) is 23.7 Å². The number of nitrogens with one attached hydrogen (secondary N) is 2. The predicted molar refractivity (Wildman–Crippen MR) is 120 cm³/mol. The molecule has 2 amide bonds. The number of rotatable bonds is 5. The number of thiophene rings is 1. The number of amides is 2. The maximum atomic E-state index is 12.6. The molecule has 3 heterocycles. The zero-order valence-corrected chi connectivity index (χ0v) is 18.8. The molecule has 0 bridgehead atoms. The summed E-state index contributed by atoms with van der Waals surface area (Å²) in [5.74, 6) is -0.730. The maximum absolute atomic E-state index is 12.6. The van der Waals surface area contributed by atoms with Gasteiger partial charge in [0.25, 0.3) is 11.8 Å². The Bertz CT molecular complexity index is 1270. The highest BCUT2D eigenvalue weighted by Crippen LogP contribution is 2.29. The second-order valence-electron chi connectivity index (χ2n) is 7.29. The molecule has 0 spiro atoms. The molecule has 1 aromatic carbocycles. The normalized spacial score (nSPS) is 11.1. The Morgan fingerprint density at radius 1 is 1.03 bits per heavy atom. The molecule has 8 nitrogen and oxygen atoms in total. The predicted octanol–water partition coefficient (Wildman–Crippen LogP) is 3.38. The summed E-state index contributed by atoms with van der Waals surface area (Å²) < 4.78 is 3.46. The number of aryl methyl sites for hydroxylation is 3. The van der Waals surface area contributed by atoms with Crippen molar-refractivity contribution in [2.75, 3.05) is 0 Å². The average Bonchev–Trinajstić information content (AvgIpc) is 3.38. The monoisotopic (exact) mass is 456 g/mol. The van der Waals surface area contributed by atoms with Crippen molar-refractivity contribution in [2.24, 2.45) is 0 Å². The Morgan fingerprint density at radius 3 is 2.45 bits per heavy atom. The SMILES string of the molecule is Cc1cc(C)n(CC(=O)NNC(=O)c2cc3c(C)nn(Cc4ccc(Cl)cc4)c3s2)n1. The highest BCUT2D eigenvalue weighted by Gasteiger charge is 2.17. The van der Waals surface area contributed by atoms with Crippen LogP contribution >= 0.6 is 22.9 Å². The van der Waals surface area contributed by atoms with Crippen LogP contribution in [0.15, 0.2) is 36.4 Å². The number of aromatic nitrogens is 4. The molecule has 0 saturated carbocycles. The Hall–Kier alpha value is -3.17. The van der Waals surface area contributed by atoms with Gasteiger partial charge in [-0.05, 0) is 50.6 Å². The molecule has 160 valence electrons. The van der Waals surface area contributed by atoms with Crippen molar-refractivity contribution >= 4 is 45.0 Å². The second kappa shape index (κ2) is 8.52. The Morgan fingerprint density at radius 2 is 1.77 bits per heavy atom. The minimum atomic E-state index is -0.375. The molecule has 0 unspecified atom stereocenters. The lowest BCUT2D eigenvalue weighted by atomic mass is 10.2. The van der Waals surface area contributed by atoms with Crippen LogP contribution < -0.4 is 10.9 Å². The minimum Gasteiger partial charge on any atom is -0.271 e. The summed E-state index contributed by atoms with van der Waals surface area (Å²) in [6, 6.07) is 11.3. The van der Waals surface area contributed by atoms with E-state index in [0.717, 1.165) is 32.9 Å². The fourth-order valence-corrected chi connectivity index (χ4v) is 4.48. The third kappa shape index (κ3) is 4.62. The molecular formula is C21H21ClN6O2S. The summed E-state index contributed by atoms with van der Waals surface area (Å²) in [4.78, 5) is 26.1. The first kappa shape index (κ1) is 21.1. The van der Waals surface area contributed by atoms with E-state index in [4.69, 9.17) is 11.6 Å². The molecule has 2 N–H and O–H groups in total. The Kier molecular flexibility index (Phi) is 5.79. The molecule has 0 aliphatic carbocycles. The van der Waals surface area contributed by atoms with Gasteiger partial charge in [0.1, 0.15) is 11.4 Å². The van der Waals surface area contributed by atoms with Gasteiger partial charge >= 0.3 is 0 Å². The molecule has 31 heavy (non-hydrogen) atoms. The molecule has 0 aliphatic heterocycles. The van der Waals surface area contributed by atoms with Crippen LogP contribution in [-0.2, 0) is 17.9 Å². The van der Waals surface area contributed by atoms with Crippen LogP contribution in [-0.4, -0.2) is 31.4 Å². The van der Waals surface area contributed by atoms with E-state index in [-0.39, 0.29) is 18.4 Å². The fraction of sp³-hybridized carbons (Fsp3) is 0.238. The smallest absolute Gasteiger partial charge is 0.271 e. The van der Waals surface area contributed by atoms with E-state index in [9.17, 15) is 9.59 Å². The van der Waals surface area contributed by atoms with Crippen molar-refractivity contribution in [2.45, 2.75) is 33.9 Å². The quantitative estimate of drug-likeness (QED) is 0.450. The first-order valence-electron chi connectivity index (χ1n) is 9.62. The zero-order valence-electron chi connectivity index (χ0n) is 17.3. The summed E-state index contributed by atoms with van der Waals surface area (Å²) in [5.41, 5.74) is 8.54. The lowest BCUT2D eigenvalue weighted by molar-refractivity contribution is -0.122. The van der Waals surface area contributed by atoms with Crippen LogP contribution in [0.1, 0.15) is 32.3 Å². The van der Waals surface area contributed by atoms with Crippen LogP contribution in [0.5, 0.6) is 0 Å². The van der Waals surface area contributed by atoms with Gasteiger partial charge in [-0.15, -0.1) is 11.3 Å². The number of fused-ring (bicyclic) bond motifs is 1. The van der Waals surface area contributed by atoms with E-state index in [1.807, 2.05) is 55.8 Å². The van der Waals surface area contributed by atoms with Gasteiger partial charge in [0.2, 0.25) is 0 Å². The van der Waals surface area contributed by atoms with E-state index in [0.29, 0.717) is 16.4 Å². The highest BCUT2D eigenvalue weighted by atomic mass is 35.5.